The third-order valence-corrected chi connectivity index (χ3v) is 2.60. The first-order valence-electron chi connectivity index (χ1n) is 3.70. The van der Waals surface area contributed by atoms with E-state index in [2.05, 4.69) is 15.9 Å². The Kier molecular flexibility index (Phi) is 1.87. The van der Waals surface area contributed by atoms with Crippen LogP contribution < -0.4 is 0 Å². The molecule has 0 aliphatic carbocycles. The first kappa shape index (κ1) is 8.69. The number of fused-ring (bicyclic) bond motifs is 1. The summed E-state index contributed by atoms with van der Waals surface area (Å²) in [5, 5.41) is 0.294. The molecule has 0 radical (unpaired) electrons. The van der Waals surface area contributed by atoms with Crippen molar-refractivity contribution in [2.24, 2.45) is 7.05 Å². The molecule has 0 fully saturated rings. The van der Waals surface area contributed by atoms with Crippen LogP contribution in [-0.4, -0.2) is 4.57 Å². The lowest BCUT2D eigenvalue weighted by atomic mass is 10.2. The zero-order valence-electron chi connectivity index (χ0n) is 6.81. The Labute approximate surface area is 82.1 Å². The Hall–Kier alpha value is -0.900. The quantitative estimate of drug-likeness (QED) is 0.672. The van der Waals surface area contributed by atoms with Gasteiger partial charge in [0.1, 0.15) is 0 Å². The zero-order valence-corrected chi connectivity index (χ0v) is 8.40. The Bertz CT molecular complexity index is 476. The highest BCUT2D eigenvalue weighted by Gasteiger charge is 2.12. The van der Waals surface area contributed by atoms with Gasteiger partial charge in [-0.1, -0.05) is 0 Å². The third-order valence-electron chi connectivity index (χ3n) is 2.00. The molecule has 0 amide bonds. The molecule has 0 saturated carbocycles. The average molecular weight is 246 g/mol. The number of rotatable bonds is 0. The molecule has 0 spiro atoms. The molecule has 0 unspecified atom stereocenters. The highest BCUT2D eigenvalue weighted by atomic mass is 79.9. The van der Waals surface area contributed by atoms with Crippen molar-refractivity contribution < 1.29 is 8.78 Å². The van der Waals surface area contributed by atoms with Crippen LogP contribution in [0.1, 0.15) is 0 Å². The molecular formula is C9H6BrF2N. The highest BCUT2D eigenvalue weighted by molar-refractivity contribution is 9.10. The Morgan fingerprint density at radius 3 is 2.69 bits per heavy atom. The van der Waals surface area contributed by atoms with Crippen LogP contribution in [0.15, 0.2) is 22.8 Å². The second kappa shape index (κ2) is 2.80. The average Bonchev–Trinajstić information content (AvgIpc) is 2.35. The lowest BCUT2D eigenvalue weighted by Gasteiger charge is -1.97. The molecule has 1 nitrogen and oxygen atoms in total. The van der Waals surface area contributed by atoms with E-state index in [9.17, 15) is 8.78 Å². The Balaban J connectivity index is 2.98. The summed E-state index contributed by atoms with van der Waals surface area (Å²) in [6.07, 6.45) is 1.70. The number of halogens is 3. The first-order chi connectivity index (χ1) is 6.11. The van der Waals surface area contributed by atoms with Crippen molar-refractivity contribution in [2.45, 2.75) is 0 Å². The van der Waals surface area contributed by atoms with Gasteiger partial charge in [0.25, 0.3) is 0 Å². The molecule has 2 aromatic rings. The normalized spacial score (nSPS) is 11.1. The maximum Gasteiger partial charge on any atom is 0.169 e. The minimum absolute atomic E-state index is 0.294. The number of hydrogen-bond donors (Lipinski definition) is 0. The minimum Gasteiger partial charge on any atom is -0.349 e. The van der Waals surface area contributed by atoms with Gasteiger partial charge in [0, 0.05) is 17.7 Å². The van der Waals surface area contributed by atoms with E-state index in [0.717, 1.165) is 6.07 Å². The number of aryl methyl sites for hydroxylation is 1. The fourth-order valence-electron chi connectivity index (χ4n) is 1.37. The maximum atomic E-state index is 13.3. The van der Waals surface area contributed by atoms with E-state index in [-0.39, 0.29) is 0 Å². The van der Waals surface area contributed by atoms with Crippen LogP contribution in [-0.2, 0) is 7.05 Å². The van der Waals surface area contributed by atoms with Gasteiger partial charge >= 0.3 is 0 Å². The van der Waals surface area contributed by atoms with Gasteiger partial charge in [0.05, 0.1) is 10.9 Å². The van der Waals surface area contributed by atoms with Crippen molar-refractivity contribution in [2.75, 3.05) is 0 Å². The molecule has 68 valence electrons. The van der Waals surface area contributed by atoms with Gasteiger partial charge in [-0.25, -0.2) is 8.78 Å². The fourth-order valence-corrected chi connectivity index (χ4v) is 2.05. The first-order valence-corrected chi connectivity index (χ1v) is 4.49. The van der Waals surface area contributed by atoms with E-state index >= 15 is 0 Å². The number of hydrogen-bond acceptors (Lipinski definition) is 0. The smallest absolute Gasteiger partial charge is 0.169 e. The van der Waals surface area contributed by atoms with Crippen LogP contribution in [0.2, 0.25) is 0 Å². The molecule has 13 heavy (non-hydrogen) atoms. The van der Waals surface area contributed by atoms with Gasteiger partial charge in [0.2, 0.25) is 0 Å². The van der Waals surface area contributed by atoms with Crippen LogP contribution in [0.5, 0.6) is 0 Å². The molecule has 2 rings (SSSR count). The monoisotopic (exact) mass is 245 g/mol. The molecule has 0 aliphatic rings. The summed E-state index contributed by atoms with van der Waals surface area (Å²) in [4.78, 5) is 0. The third kappa shape index (κ3) is 1.16. The van der Waals surface area contributed by atoms with Gasteiger partial charge < -0.3 is 4.57 Å². The topological polar surface area (TPSA) is 4.93 Å². The number of nitrogens with zero attached hydrogens (tertiary/aromatic N) is 1. The zero-order chi connectivity index (χ0) is 9.59. The van der Waals surface area contributed by atoms with Gasteiger partial charge in [-0.3, -0.25) is 0 Å². The molecule has 0 N–H and O–H groups in total. The molecule has 0 atom stereocenters. The summed E-state index contributed by atoms with van der Waals surface area (Å²) in [5.41, 5.74) is 0.672. The van der Waals surface area contributed by atoms with Gasteiger partial charge in [-0.2, -0.15) is 0 Å². The molecule has 0 saturated heterocycles. The molecule has 1 aromatic carbocycles. The van der Waals surface area contributed by atoms with E-state index in [1.54, 1.807) is 23.9 Å². The van der Waals surface area contributed by atoms with Crippen molar-refractivity contribution in [3.8, 4) is 0 Å². The van der Waals surface area contributed by atoms with Crippen molar-refractivity contribution >= 4 is 26.8 Å². The Morgan fingerprint density at radius 1 is 1.31 bits per heavy atom. The second-order valence-electron chi connectivity index (χ2n) is 2.84. The lowest BCUT2D eigenvalue weighted by molar-refractivity contribution is 0.517. The van der Waals surface area contributed by atoms with E-state index in [1.807, 2.05) is 0 Å². The van der Waals surface area contributed by atoms with Crippen molar-refractivity contribution in [3.05, 3.63) is 34.4 Å². The van der Waals surface area contributed by atoms with Gasteiger partial charge in [-0.15, -0.1) is 0 Å². The summed E-state index contributed by atoms with van der Waals surface area (Å²) in [6, 6.07) is 2.68. The molecule has 1 aromatic heterocycles. The van der Waals surface area contributed by atoms with E-state index in [0.29, 0.717) is 15.4 Å². The lowest BCUT2D eigenvalue weighted by Crippen LogP contribution is -1.87. The van der Waals surface area contributed by atoms with Crippen LogP contribution in [0.25, 0.3) is 10.9 Å². The van der Waals surface area contributed by atoms with E-state index < -0.39 is 11.6 Å². The van der Waals surface area contributed by atoms with Crippen LogP contribution in [0.4, 0.5) is 8.78 Å². The summed E-state index contributed by atoms with van der Waals surface area (Å²) in [5.74, 6) is -1.62. The molecular weight excluding hydrogens is 240 g/mol. The van der Waals surface area contributed by atoms with Gasteiger partial charge in [-0.05, 0) is 28.1 Å². The van der Waals surface area contributed by atoms with E-state index in [4.69, 9.17) is 0 Å². The second-order valence-corrected chi connectivity index (χ2v) is 3.70. The summed E-state index contributed by atoms with van der Waals surface area (Å²) >= 11 is 3.18. The molecule has 1 heterocycles. The standard InChI is InChI=1S/C9H6BrF2N/c1-13-4-5(10)8-7(13)3-2-6(11)9(8)12/h2-4H,1H3. The summed E-state index contributed by atoms with van der Waals surface area (Å²) < 4.78 is 28.4. The van der Waals surface area contributed by atoms with Crippen molar-refractivity contribution in [3.63, 3.8) is 0 Å². The molecule has 4 heteroatoms. The molecule has 0 aliphatic heterocycles. The van der Waals surface area contributed by atoms with Crippen molar-refractivity contribution in [1.29, 1.82) is 0 Å². The predicted molar refractivity (Wildman–Crippen MR) is 50.5 cm³/mol. The maximum absolute atomic E-state index is 13.3. The fraction of sp³-hybridized carbons (Fsp3) is 0.111. The van der Waals surface area contributed by atoms with Gasteiger partial charge in [0.15, 0.2) is 11.6 Å². The number of benzene rings is 1. The number of aromatic nitrogens is 1. The van der Waals surface area contributed by atoms with Crippen LogP contribution in [0, 0.1) is 11.6 Å². The molecule has 0 bridgehead atoms. The summed E-state index contributed by atoms with van der Waals surface area (Å²) in [7, 11) is 1.78. The predicted octanol–water partition coefficient (Wildman–Crippen LogP) is 3.22. The largest absolute Gasteiger partial charge is 0.349 e. The van der Waals surface area contributed by atoms with Crippen LogP contribution >= 0.6 is 15.9 Å². The Morgan fingerprint density at radius 2 is 2.00 bits per heavy atom. The highest BCUT2D eigenvalue weighted by Crippen LogP contribution is 2.29. The SMILES string of the molecule is Cn1cc(Br)c2c(F)c(F)ccc21. The van der Waals surface area contributed by atoms with E-state index in [1.165, 1.54) is 0 Å². The minimum atomic E-state index is -0.820. The summed E-state index contributed by atoms with van der Waals surface area (Å²) in [6.45, 7) is 0. The van der Waals surface area contributed by atoms with Crippen molar-refractivity contribution in [1.82, 2.24) is 4.57 Å². The van der Waals surface area contributed by atoms with Crippen LogP contribution in [0.3, 0.4) is 0 Å².